The second kappa shape index (κ2) is 7.10. The number of hydrogen-bond donors (Lipinski definition) is 1. The highest BCUT2D eigenvalue weighted by Crippen LogP contribution is 2.48. The van der Waals surface area contributed by atoms with Crippen LogP contribution in [-0.4, -0.2) is 17.8 Å². The molecule has 1 N–H and O–H groups in total. The topological polar surface area (TPSA) is 68.9 Å². The van der Waals surface area contributed by atoms with Crippen molar-refractivity contribution < 1.29 is 19.0 Å². The van der Waals surface area contributed by atoms with Crippen molar-refractivity contribution in [2.75, 3.05) is 6.61 Å². The van der Waals surface area contributed by atoms with Gasteiger partial charge in [-0.15, -0.1) is 0 Å². The minimum absolute atomic E-state index is 0.00592. The summed E-state index contributed by atoms with van der Waals surface area (Å²) < 4.78 is 17.3. The third-order valence-corrected chi connectivity index (χ3v) is 6.02. The first-order chi connectivity index (χ1) is 12.6. The first-order valence-corrected chi connectivity index (χ1v) is 9.93. The van der Waals surface area contributed by atoms with E-state index in [1.807, 2.05) is 6.08 Å². The highest BCUT2D eigenvalue weighted by Gasteiger charge is 2.45. The quantitative estimate of drug-likeness (QED) is 0.783. The van der Waals surface area contributed by atoms with E-state index in [1.165, 1.54) is 0 Å². The Morgan fingerprint density at radius 2 is 2.19 bits per heavy atom. The average Bonchev–Trinajstić information content (AvgIpc) is 3.08. The van der Waals surface area contributed by atoms with Crippen LogP contribution in [0.2, 0.25) is 0 Å². The van der Waals surface area contributed by atoms with Crippen LogP contribution in [-0.2, 0) is 15.1 Å². The lowest BCUT2D eigenvalue weighted by Crippen LogP contribution is -2.32. The van der Waals surface area contributed by atoms with Crippen molar-refractivity contribution in [1.29, 1.82) is 0 Å². The minimum atomic E-state index is -0.763. The van der Waals surface area contributed by atoms with Crippen molar-refractivity contribution in [2.24, 2.45) is 5.92 Å². The summed E-state index contributed by atoms with van der Waals surface area (Å²) in [7, 11) is 0. The van der Waals surface area contributed by atoms with E-state index < -0.39 is 11.2 Å². The Hall–Kier alpha value is -1.75. The van der Waals surface area contributed by atoms with E-state index in [4.69, 9.17) is 13.9 Å². The molecule has 3 atom stereocenters. The Labute approximate surface area is 154 Å². The summed E-state index contributed by atoms with van der Waals surface area (Å²) in [5.41, 5.74) is -0.944. The van der Waals surface area contributed by atoms with E-state index in [0.717, 1.165) is 51.6 Å². The number of ether oxygens (including phenoxy) is 2. The summed E-state index contributed by atoms with van der Waals surface area (Å²) in [4.78, 5) is 12.8. The van der Waals surface area contributed by atoms with Crippen LogP contribution >= 0.6 is 0 Å². The van der Waals surface area contributed by atoms with Gasteiger partial charge in [0.15, 0.2) is 0 Å². The highest BCUT2D eigenvalue weighted by molar-refractivity contribution is 5.37. The van der Waals surface area contributed by atoms with Crippen LogP contribution in [0, 0.1) is 5.92 Å². The maximum absolute atomic E-state index is 12.8. The molecule has 1 saturated carbocycles. The fourth-order valence-corrected chi connectivity index (χ4v) is 4.40. The smallest absolute Gasteiger partial charge is 0.347 e. The lowest BCUT2D eigenvalue weighted by atomic mass is 9.85. The van der Waals surface area contributed by atoms with Gasteiger partial charge in [0.25, 0.3) is 0 Å². The minimum Gasteiger partial charge on any atom is -0.507 e. The lowest BCUT2D eigenvalue weighted by Gasteiger charge is -2.29. The van der Waals surface area contributed by atoms with E-state index in [0.29, 0.717) is 18.1 Å². The fourth-order valence-electron chi connectivity index (χ4n) is 4.40. The number of rotatable bonds is 7. The Bertz CT molecular complexity index is 716. The van der Waals surface area contributed by atoms with E-state index in [-0.39, 0.29) is 23.3 Å². The van der Waals surface area contributed by atoms with Crippen LogP contribution in [0.15, 0.2) is 27.6 Å². The molecular formula is C21H28O5. The van der Waals surface area contributed by atoms with E-state index in [9.17, 15) is 9.90 Å². The zero-order valence-corrected chi connectivity index (χ0v) is 15.4. The van der Waals surface area contributed by atoms with Gasteiger partial charge in [0.2, 0.25) is 0 Å². The Morgan fingerprint density at radius 1 is 1.35 bits per heavy atom. The van der Waals surface area contributed by atoms with Crippen molar-refractivity contribution in [2.45, 2.75) is 75.9 Å². The van der Waals surface area contributed by atoms with Gasteiger partial charge in [-0.3, -0.25) is 0 Å². The van der Waals surface area contributed by atoms with Crippen LogP contribution in [0.4, 0.5) is 0 Å². The Kier molecular flexibility index (Phi) is 4.82. The zero-order chi connectivity index (χ0) is 18.1. The standard InChI is InChI=1S/C21H28O5/c1-2-15(11-16-5-3-9-24-16)18-12-17(22)19(20(23)26-18)21(8-4-10-25-21)13-14-6-7-14/h4,10,12,14-16,22H,2-3,5-9,11,13H2,1H3. The summed E-state index contributed by atoms with van der Waals surface area (Å²) in [5.74, 6) is 1.21. The second-order valence-electron chi connectivity index (χ2n) is 8.01. The summed E-state index contributed by atoms with van der Waals surface area (Å²) in [6, 6.07) is 1.64. The molecule has 3 unspecified atom stereocenters. The SMILES string of the molecule is CCC(CC1CCCO1)c1cc(O)c(C2(CC3CC3)CC=CO2)c(=O)o1. The molecular weight excluding hydrogens is 332 g/mol. The molecule has 0 spiro atoms. The van der Waals surface area contributed by atoms with Crippen molar-refractivity contribution in [3.8, 4) is 5.75 Å². The van der Waals surface area contributed by atoms with Gasteiger partial charge in [0.05, 0.1) is 12.4 Å². The third kappa shape index (κ3) is 3.41. The molecule has 2 fully saturated rings. The first kappa shape index (κ1) is 17.7. The summed E-state index contributed by atoms with van der Waals surface area (Å²) in [6.07, 6.45) is 11.3. The van der Waals surface area contributed by atoms with E-state index in [1.54, 1.807) is 12.3 Å². The molecule has 1 aromatic rings. The molecule has 1 saturated heterocycles. The normalized spacial score (nSPS) is 29.0. The molecule has 0 bridgehead atoms. The zero-order valence-electron chi connectivity index (χ0n) is 15.4. The molecule has 5 heteroatoms. The van der Waals surface area contributed by atoms with Crippen LogP contribution in [0.1, 0.15) is 75.5 Å². The average molecular weight is 360 g/mol. The van der Waals surface area contributed by atoms with E-state index in [2.05, 4.69) is 6.92 Å². The van der Waals surface area contributed by atoms with Gasteiger partial charge < -0.3 is 19.0 Å². The molecule has 1 aliphatic carbocycles. The maximum Gasteiger partial charge on any atom is 0.347 e. The lowest BCUT2D eigenvalue weighted by molar-refractivity contribution is 0.0208. The monoisotopic (exact) mass is 360 g/mol. The Morgan fingerprint density at radius 3 is 2.77 bits per heavy atom. The van der Waals surface area contributed by atoms with Crippen LogP contribution in [0.5, 0.6) is 5.75 Å². The Balaban J connectivity index is 1.62. The van der Waals surface area contributed by atoms with Gasteiger partial charge in [-0.25, -0.2) is 4.79 Å². The van der Waals surface area contributed by atoms with Crippen molar-refractivity contribution in [3.05, 3.63) is 40.1 Å². The van der Waals surface area contributed by atoms with Crippen molar-refractivity contribution in [1.82, 2.24) is 0 Å². The van der Waals surface area contributed by atoms with Gasteiger partial charge in [-0.2, -0.15) is 0 Å². The van der Waals surface area contributed by atoms with Crippen LogP contribution < -0.4 is 5.63 Å². The van der Waals surface area contributed by atoms with E-state index >= 15 is 0 Å². The van der Waals surface area contributed by atoms with Gasteiger partial charge in [-0.05, 0) is 44.1 Å². The van der Waals surface area contributed by atoms with Gasteiger partial charge in [-0.1, -0.05) is 19.8 Å². The van der Waals surface area contributed by atoms with Gasteiger partial charge in [0, 0.05) is 25.0 Å². The predicted molar refractivity (Wildman–Crippen MR) is 97.1 cm³/mol. The van der Waals surface area contributed by atoms with Crippen LogP contribution in [0.25, 0.3) is 0 Å². The molecule has 0 aromatic carbocycles. The van der Waals surface area contributed by atoms with Gasteiger partial charge >= 0.3 is 5.63 Å². The molecule has 3 aliphatic rings. The summed E-state index contributed by atoms with van der Waals surface area (Å²) in [6.45, 7) is 2.88. The molecule has 0 radical (unpaired) electrons. The van der Waals surface area contributed by atoms with Gasteiger partial charge in [0.1, 0.15) is 22.7 Å². The highest BCUT2D eigenvalue weighted by atomic mass is 16.5. The first-order valence-electron chi connectivity index (χ1n) is 9.93. The molecule has 1 aromatic heterocycles. The maximum atomic E-state index is 12.8. The summed E-state index contributed by atoms with van der Waals surface area (Å²) in [5, 5.41) is 10.7. The molecule has 4 rings (SSSR count). The molecule has 2 aliphatic heterocycles. The van der Waals surface area contributed by atoms with Crippen molar-refractivity contribution in [3.63, 3.8) is 0 Å². The van der Waals surface area contributed by atoms with Crippen molar-refractivity contribution >= 4 is 0 Å². The largest absolute Gasteiger partial charge is 0.507 e. The second-order valence-corrected chi connectivity index (χ2v) is 8.01. The molecule has 142 valence electrons. The third-order valence-electron chi connectivity index (χ3n) is 6.02. The number of aromatic hydroxyl groups is 1. The molecule has 3 heterocycles. The van der Waals surface area contributed by atoms with Crippen LogP contribution in [0.3, 0.4) is 0 Å². The molecule has 0 amide bonds. The number of hydrogen-bond acceptors (Lipinski definition) is 5. The predicted octanol–water partition coefficient (Wildman–Crippen LogP) is 4.34. The fraction of sp³-hybridized carbons (Fsp3) is 0.667. The molecule has 26 heavy (non-hydrogen) atoms. The summed E-state index contributed by atoms with van der Waals surface area (Å²) >= 11 is 0. The molecule has 5 nitrogen and oxygen atoms in total.